The van der Waals surface area contributed by atoms with Crippen LogP contribution in [-0.4, -0.2) is 61.4 Å². The number of ether oxygens (including phenoxy) is 2. The van der Waals surface area contributed by atoms with E-state index in [1.54, 1.807) is 20.3 Å². The largest absolute Gasteiger partial charge is 0.505 e. The zero-order chi connectivity index (χ0) is 13.4. The van der Waals surface area contributed by atoms with Gasteiger partial charge in [0.05, 0.1) is 13.2 Å². The molecule has 0 spiro atoms. The molecule has 18 heavy (non-hydrogen) atoms. The van der Waals surface area contributed by atoms with Crippen LogP contribution in [0.25, 0.3) is 0 Å². The van der Waals surface area contributed by atoms with E-state index in [4.69, 9.17) is 9.47 Å². The van der Waals surface area contributed by atoms with Gasteiger partial charge in [-0.05, 0) is 12.1 Å². The van der Waals surface area contributed by atoms with E-state index in [-0.39, 0.29) is 17.4 Å². The zero-order valence-electron chi connectivity index (χ0n) is 10.6. The predicted molar refractivity (Wildman–Crippen MR) is 65.6 cm³/mol. The summed E-state index contributed by atoms with van der Waals surface area (Å²) in [6.07, 6.45) is 1.47. The van der Waals surface area contributed by atoms with Crippen LogP contribution < -0.4 is 0 Å². The minimum Gasteiger partial charge on any atom is -0.505 e. The van der Waals surface area contributed by atoms with Gasteiger partial charge in [0.15, 0.2) is 5.69 Å². The average Bonchev–Trinajstić information content (AvgIpc) is 2.39. The summed E-state index contributed by atoms with van der Waals surface area (Å²) in [5.74, 6) is -0.454. The van der Waals surface area contributed by atoms with Gasteiger partial charge in [0.2, 0.25) is 0 Å². The topological polar surface area (TPSA) is 71.9 Å². The third-order valence-corrected chi connectivity index (χ3v) is 2.41. The van der Waals surface area contributed by atoms with Crippen LogP contribution in [0.5, 0.6) is 5.75 Å². The number of methoxy groups -OCH3 is 2. The molecule has 0 saturated heterocycles. The molecule has 0 atom stereocenters. The van der Waals surface area contributed by atoms with Gasteiger partial charge in [0, 0.05) is 33.5 Å². The Balaban J connectivity index is 2.77. The van der Waals surface area contributed by atoms with Crippen LogP contribution in [0.3, 0.4) is 0 Å². The lowest BCUT2D eigenvalue weighted by molar-refractivity contribution is 0.0618. The molecule has 1 N–H and O–H groups in total. The van der Waals surface area contributed by atoms with E-state index < -0.39 is 0 Å². The van der Waals surface area contributed by atoms with Crippen molar-refractivity contribution in [2.24, 2.45) is 0 Å². The van der Waals surface area contributed by atoms with E-state index in [0.717, 1.165) is 0 Å². The van der Waals surface area contributed by atoms with Crippen molar-refractivity contribution in [3.8, 4) is 5.75 Å². The molecule has 1 heterocycles. The number of aromatic hydroxyl groups is 1. The summed E-state index contributed by atoms with van der Waals surface area (Å²) in [4.78, 5) is 17.6. The summed E-state index contributed by atoms with van der Waals surface area (Å²) in [7, 11) is 3.13. The summed E-state index contributed by atoms with van der Waals surface area (Å²) >= 11 is 0. The van der Waals surface area contributed by atoms with Crippen LogP contribution >= 0.6 is 0 Å². The number of carbonyl (C=O) groups excluding carboxylic acids is 1. The highest BCUT2D eigenvalue weighted by molar-refractivity contribution is 5.94. The van der Waals surface area contributed by atoms with Gasteiger partial charge in [-0.3, -0.25) is 4.79 Å². The first-order valence-electron chi connectivity index (χ1n) is 5.61. The van der Waals surface area contributed by atoms with Crippen molar-refractivity contribution < 1.29 is 19.4 Å². The molecule has 0 unspecified atom stereocenters. The minimum atomic E-state index is -0.331. The van der Waals surface area contributed by atoms with Crippen molar-refractivity contribution in [2.45, 2.75) is 0 Å². The molecule has 1 aromatic heterocycles. The van der Waals surface area contributed by atoms with E-state index in [2.05, 4.69) is 4.98 Å². The van der Waals surface area contributed by atoms with Gasteiger partial charge in [0.1, 0.15) is 5.75 Å². The van der Waals surface area contributed by atoms with Crippen molar-refractivity contribution >= 4 is 5.91 Å². The van der Waals surface area contributed by atoms with E-state index in [9.17, 15) is 9.90 Å². The van der Waals surface area contributed by atoms with Crippen molar-refractivity contribution in [3.63, 3.8) is 0 Å². The van der Waals surface area contributed by atoms with Crippen LogP contribution in [0.15, 0.2) is 18.3 Å². The number of nitrogens with zero attached hydrogens (tertiary/aromatic N) is 2. The zero-order valence-corrected chi connectivity index (χ0v) is 10.6. The van der Waals surface area contributed by atoms with Crippen LogP contribution in [-0.2, 0) is 9.47 Å². The number of pyridine rings is 1. The standard InChI is InChI=1S/C12H18N2O4/c1-17-8-6-14(7-9-18-2)12(16)11-10(15)4-3-5-13-11/h3-5,15H,6-9H2,1-2H3. The van der Waals surface area contributed by atoms with E-state index in [0.29, 0.717) is 26.3 Å². The Hall–Kier alpha value is -1.66. The van der Waals surface area contributed by atoms with Crippen LogP contribution in [0.1, 0.15) is 10.5 Å². The van der Waals surface area contributed by atoms with Gasteiger partial charge in [0.25, 0.3) is 5.91 Å². The highest BCUT2D eigenvalue weighted by atomic mass is 16.5. The van der Waals surface area contributed by atoms with E-state index in [1.807, 2.05) is 0 Å². The van der Waals surface area contributed by atoms with Gasteiger partial charge in [-0.15, -0.1) is 0 Å². The molecule has 1 aromatic rings. The summed E-state index contributed by atoms with van der Waals surface area (Å²) in [5, 5.41) is 9.61. The maximum Gasteiger partial charge on any atom is 0.276 e. The first-order valence-corrected chi connectivity index (χ1v) is 5.61. The summed E-state index contributed by atoms with van der Waals surface area (Å²) in [6, 6.07) is 3.01. The Morgan fingerprint density at radius 3 is 2.44 bits per heavy atom. The molecule has 0 bridgehead atoms. The predicted octanol–water partition coefficient (Wildman–Crippen LogP) is 0.522. The number of carbonyl (C=O) groups is 1. The van der Waals surface area contributed by atoms with Crippen molar-refractivity contribution in [2.75, 3.05) is 40.5 Å². The minimum absolute atomic E-state index is 0.0460. The normalized spacial score (nSPS) is 10.3. The number of amides is 1. The number of aromatic nitrogens is 1. The maximum atomic E-state index is 12.2. The number of hydrogen-bond acceptors (Lipinski definition) is 5. The molecule has 6 heteroatoms. The van der Waals surface area contributed by atoms with Gasteiger partial charge >= 0.3 is 0 Å². The fraction of sp³-hybridized carbons (Fsp3) is 0.500. The molecule has 0 radical (unpaired) electrons. The Labute approximate surface area is 106 Å². The molecule has 0 aliphatic rings. The second-order valence-corrected chi connectivity index (χ2v) is 3.65. The lowest BCUT2D eigenvalue weighted by Crippen LogP contribution is -2.36. The monoisotopic (exact) mass is 254 g/mol. The molecule has 6 nitrogen and oxygen atoms in total. The maximum absolute atomic E-state index is 12.2. The molecule has 100 valence electrons. The molecule has 0 aromatic carbocycles. The number of rotatable bonds is 7. The second-order valence-electron chi connectivity index (χ2n) is 3.65. The summed E-state index contributed by atoms with van der Waals surface area (Å²) in [5.41, 5.74) is 0.0460. The fourth-order valence-electron chi connectivity index (χ4n) is 1.43. The van der Waals surface area contributed by atoms with Gasteiger partial charge in [-0.25, -0.2) is 4.98 Å². The molecule has 0 aliphatic heterocycles. The van der Waals surface area contributed by atoms with Crippen molar-refractivity contribution in [1.82, 2.24) is 9.88 Å². The lowest BCUT2D eigenvalue weighted by Gasteiger charge is -2.21. The molecular formula is C12H18N2O4. The average molecular weight is 254 g/mol. The summed E-state index contributed by atoms with van der Waals surface area (Å²) < 4.78 is 9.90. The summed E-state index contributed by atoms with van der Waals surface area (Å²) in [6.45, 7) is 1.69. The molecular weight excluding hydrogens is 236 g/mol. The second kappa shape index (κ2) is 7.62. The molecule has 0 saturated carbocycles. The van der Waals surface area contributed by atoms with Gasteiger partial charge in [-0.2, -0.15) is 0 Å². The first kappa shape index (κ1) is 14.4. The van der Waals surface area contributed by atoms with Crippen LogP contribution in [0.2, 0.25) is 0 Å². The van der Waals surface area contributed by atoms with Gasteiger partial charge in [-0.1, -0.05) is 0 Å². The highest BCUT2D eigenvalue weighted by Crippen LogP contribution is 2.14. The van der Waals surface area contributed by atoms with Crippen LogP contribution in [0, 0.1) is 0 Å². The number of hydrogen-bond donors (Lipinski definition) is 1. The Morgan fingerprint density at radius 1 is 1.33 bits per heavy atom. The SMILES string of the molecule is COCCN(CCOC)C(=O)c1ncccc1O. The molecule has 1 rings (SSSR count). The smallest absolute Gasteiger partial charge is 0.276 e. The quantitative estimate of drug-likeness (QED) is 0.768. The fourth-order valence-corrected chi connectivity index (χ4v) is 1.43. The highest BCUT2D eigenvalue weighted by Gasteiger charge is 2.19. The van der Waals surface area contributed by atoms with Crippen molar-refractivity contribution in [3.05, 3.63) is 24.0 Å². The van der Waals surface area contributed by atoms with E-state index in [1.165, 1.54) is 17.2 Å². The molecule has 1 amide bonds. The van der Waals surface area contributed by atoms with Crippen LogP contribution in [0.4, 0.5) is 0 Å². The van der Waals surface area contributed by atoms with Gasteiger partial charge < -0.3 is 19.5 Å². The lowest BCUT2D eigenvalue weighted by atomic mass is 10.3. The van der Waals surface area contributed by atoms with Crippen molar-refractivity contribution in [1.29, 1.82) is 0 Å². The molecule has 0 fully saturated rings. The molecule has 0 aliphatic carbocycles. The Bertz CT molecular complexity index is 376. The Kier molecular flexibility index (Phi) is 6.10. The first-order chi connectivity index (χ1) is 8.70. The van der Waals surface area contributed by atoms with E-state index >= 15 is 0 Å². The third-order valence-electron chi connectivity index (χ3n) is 2.41. The third kappa shape index (κ3) is 3.97. The Morgan fingerprint density at radius 2 is 1.94 bits per heavy atom.